The van der Waals surface area contributed by atoms with Crippen molar-refractivity contribution in [2.24, 2.45) is 5.92 Å². The summed E-state index contributed by atoms with van der Waals surface area (Å²) < 4.78 is 11.5. The number of rotatable bonds is 1. The molecule has 2 aliphatic heterocycles. The molecule has 1 aromatic heterocycles. The zero-order valence-corrected chi connectivity index (χ0v) is 11.4. The van der Waals surface area contributed by atoms with Gasteiger partial charge in [-0.05, 0) is 25.5 Å². The molecule has 20 heavy (non-hydrogen) atoms. The van der Waals surface area contributed by atoms with Crippen LogP contribution in [0.1, 0.15) is 23.9 Å². The van der Waals surface area contributed by atoms with Crippen LogP contribution in [0.15, 0.2) is 34.7 Å². The fraction of sp³-hybridized carbons (Fsp3) is 0.438. The van der Waals surface area contributed by atoms with Gasteiger partial charge in [-0.25, -0.2) is 0 Å². The molecule has 4 nitrogen and oxygen atoms in total. The molecule has 0 unspecified atom stereocenters. The van der Waals surface area contributed by atoms with Gasteiger partial charge in [-0.3, -0.25) is 4.79 Å². The van der Waals surface area contributed by atoms with Gasteiger partial charge in [-0.15, -0.1) is 0 Å². The molecule has 3 heterocycles. The third-order valence-electron chi connectivity index (χ3n) is 4.35. The average molecular weight is 271 g/mol. The van der Waals surface area contributed by atoms with Gasteiger partial charge < -0.3 is 14.1 Å². The van der Waals surface area contributed by atoms with Crippen molar-refractivity contribution in [3.8, 4) is 0 Å². The van der Waals surface area contributed by atoms with Crippen molar-refractivity contribution >= 4 is 16.9 Å². The number of amides is 1. The number of fused-ring (bicyclic) bond motifs is 2. The lowest BCUT2D eigenvalue weighted by molar-refractivity contribution is 0.0435. The molecule has 104 valence electrons. The molecular weight excluding hydrogens is 254 g/mol. The van der Waals surface area contributed by atoms with Crippen molar-refractivity contribution in [3.63, 3.8) is 0 Å². The molecule has 2 saturated heterocycles. The molecule has 4 rings (SSSR count). The summed E-state index contributed by atoms with van der Waals surface area (Å²) in [7, 11) is 0. The Kier molecular flexibility index (Phi) is 2.60. The fourth-order valence-electron chi connectivity index (χ4n) is 3.41. The first-order valence-corrected chi connectivity index (χ1v) is 7.14. The third-order valence-corrected chi connectivity index (χ3v) is 4.35. The Morgan fingerprint density at radius 3 is 2.95 bits per heavy atom. The van der Waals surface area contributed by atoms with Crippen molar-refractivity contribution in [3.05, 3.63) is 36.1 Å². The van der Waals surface area contributed by atoms with Crippen LogP contribution in [-0.2, 0) is 4.74 Å². The molecule has 3 atom stereocenters. The standard InChI is InChI=1S/C16H17NO3/c1-10-6-12-8-17(9-15(12)19-10)16(18)14-7-11-4-2-3-5-13(11)20-14/h2-5,7,10,12,15H,6,8-9H2,1H3/t10-,12+,15-/m1/s1. The number of carbonyl (C=O) groups is 1. The Morgan fingerprint density at radius 2 is 2.15 bits per heavy atom. The highest BCUT2D eigenvalue weighted by Gasteiger charge is 2.42. The van der Waals surface area contributed by atoms with Crippen molar-refractivity contribution in [1.29, 1.82) is 0 Å². The number of likely N-dealkylation sites (tertiary alicyclic amines) is 1. The Balaban J connectivity index is 1.56. The van der Waals surface area contributed by atoms with Gasteiger partial charge in [0.05, 0.1) is 12.2 Å². The molecule has 2 fully saturated rings. The summed E-state index contributed by atoms with van der Waals surface area (Å²) in [5, 5.41) is 0.972. The van der Waals surface area contributed by atoms with E-state index in [1.807, 2.05) is 35.2 Å². The van der Waals surface area contributed by atoms with Gasteiger partial charge in [-0.1, -0.05) is 18.2 Å². The maximum Gasteiger partial charge on any atom is 0.289 e. The van der Waals surface area contributed by atoms with Crippen LogP contribution in [0.2, 0.25) is 0 Å². The van der Waals surface area contributed by atoms with Gasteiger partial charge in [0.1, 0.15) is 5.58 Å². The first-order valence-electron chi connectivity index (χ1n) is 7.14. The Hall–Kier alpha value is -1.81. The zero-order valence-electron chi connectivity index (χ0n) is 11.4. The van der Waals surface area contributed by atoms with Crippen LogP contribution in [0, 0.1) is 5.92 Å². The highest BCUT2D eigenvalue weighted by molar-refractivity contribution is 5.96. The van der Waals surface area contributed by atoms with Gasteiger partial charge in [0.2, 0.25) is 0 Å². The molecule has 1 aromatic carbocycles. The number of ether oxygens (including phenoxy) is 1. The highest BCUT2D eigenvalue weighted by atomic mass is 16.5. The minimum Gasteiger partial charge on any atom is -0.451 e. The number of para-hydroxylation sites is 1. The number of benzene rings is 1. The van der Waals surface area contributed by atoms with Gasteiger partial charge in [0, 0.05) is 24.4 Å². The number of hydrogen-bond donors (Lipinski definition) is 0. The summed E-state index contributed by atoms with van der Waals surface area (Å²) in [6, 6.07) is 9.53. The zero-order chi connectivity index (χ0) is 13.7. The maximum atomic E-state index is 12.5. The second kappa shape index (κ2) is 4.35. The first-order chi connectivity index (χ1) is 9.70. The van der Waals surface area contributed by atoms with Crippen LogP contribution >= 0.6 is 0 Å². The van der Waals surface area contributed by atoms with Crippen LogP contribution in [0.4, 0.5) is 0 Å². The quantitative estimate of drug-likeness (QED) is 0.801. The van der Waals surface area contributed by atoms with E-state index in [1.165, 1.54) is 0 Å². The number of furan rings is 1. The Labute approximate surface area is 117 Å². The summed E-state index contributed by atoms with van der Waals surface area (Å²) in [6.45, 7) is 3.57. The highest BCUT2D eigenvalue weighted by Crippen LogP contribution is 2.33. The predicted octanol–water partition coefficient (Wildman–Crippen LogP) is 2.68. The van der Waals surface area contributed by atoms with E-state index in [-0.39, 0.29) is 12.0 Å². The van der Waals surface area contributed by atoms with Crippen molar-refractivity contribution in [1.82, 2.24) is 4.90 Å². The molecule has 4 heteroatoms. The van der Waals surface area contributed by atoms with Crippen LogP contribution in [0.25, 0.3) is 11.0 Å². The minimum absolute atomic E-state index is 0.0214. The summed E-state index contributed by atoms with van der Waals surface area (Å²) in [6.07, 6.45) is 1.58. The molecule has 0 radical (unpaired) electrons. The topological polar surface area (TPSA) is 42.7 Å². The molecule has 1 amide bonds. The van der Waals surface area contributed by atoms with Gasteiger partial charge >= 0.3 is 0 Å². The van der Waals surface area contributed by atoms with Gasteiger partial charge in [0.15, 0.2) is 5.76 Å². The van der Waals surface area contributed by atoms with Crippen molar-refractivity contribution in [2.75, 3.05) is 13.1 Å². The molecule has 0 aliphatic carbocycles. The summed E-state index contributed by atoms with van der Waals surface area (Å²) in [4.78, 5) is 14.4. The molecule has 2 aromatic rings. The number of nitrogens with zero attached hydrogens (tertiary/aromatic N) is 1. The van der Waals surface area contributed by atoms with Crippen molar-refractivity contribution in [2.45, 2.75) is 25.6 Å². The average Bonchev–Trinajstić information content (AvgIpc) is 3.08. The van der Waals surface area contributed by atoms with E-state index in [9.17, 15) is 4.79 Å². The lowest BCUT2D eigenvalue weighted by Crippen LogP contribution is -2.30. The first kappa shape index (κ1) is 12.0. The van der Waals surface area contributed by atoms with E-state index in [0.29, 0.717) is 24.3 Å². The second-order valence-electron chi connectivity index (χ2n) is 5.84. The van der Waals surface area contributed by atoms with Gasteiger partial charge in [0.25, 0.3) is 5.91 Å². The number of hydrogen-bond acceptors (Lipinski definition) is 3. The molecular formula is C16H17NO3. The maximum absolute atomic E-state index is 12.5. The Bertz CT molecular complexity index is 616. The second-order valence-corrected chi connectivity index (χ2v) is 5.84. The van der Waals surface area contributed by atoms with Crippen LogP contribution < -0.4 is 0 Å². The largest absolute Gasteiger partial charge is 0.451 e. The normalized spacial score (nSPS) is 29.1. The van der Waals surface area contributed by atoms with Crippen molar-refractivity contribution < 1.29 is 13.9 Å². The lowest BCUT2D eigenvalue weighted by Gasteiger charge is -2.16. The summed E-state index contributed by atoms with van der Waals surface area (Å²) in [5.41, 5.74) is 0.764. The fourth-order valence-corrected chi connectivity index (χ4v) is 3.41. The molecule has 0 bridgehead atoms. The summed E-state index contributed by atoms with van der Waals surface area (Å²) in [5.74, 6) is 0.893. The van der Waals surface area contributed by atoms with Gasteiger partial charge in [-0.2, -0.15) is 0 Å². The SMILES string of the molecule is C[C@@H]1C[C@H]2CN(C(=O)c3cc4ccccc4o3)C[C@H]2O1. The predicted molar refractivity (Wildman–Crippen MR) is 74.6 cm³/mol. The molecule has 2 aliphatic rings. The Morgan fingerprint density at radius 1 is 1.30 bits per heavy atom. The van der Waals surface area contributed by atoms with E-state index >= 15 is 0 Å². The van der Waals surface area contributed by atoms with E-state index in [4.69, 9.17) is 9.15 Å². The van der Waals surface area contributed by atoms with E-state index in [2.05, 4.69) is 6.92 Å². The summed E-state index contributed by atoms with van der Waals surface area (Å²) >= 11 is 0. The van der Waals surface area contributed by atoms with E-state index in [1.54, 1.807) is 0 Å². The monoisotopic (exact) mass is 271 g/mol. The smallest absolute Gasteiger partial charge is 0.289 e. The third kappa shape index (κ3) is 1.83. The molecule has 0 spiro atoms. The lowest BCUT2D eigenvalue weighted by atomic mass is 10.0. The number of carbonyl (C=O) groups excluding carboxylic acids is 1. The minimum atomic E-state index is -0.0214. The van der Waals surface area contributed by atoms with E-state index < -0.39 is 0 Å². The van der Waals surface area contributed by atoms with E-state index in [0.717, 1.165) is 23.9 Å². The van der Waals surface area contributed by atoms with Crippen LogP contribution in [-0.4, -0.2) is 36.1 Å². The van der Waals surface area contributed by atoms with Crippen LogP contribution in [0.5, 0.6) is 0 Å². The molecule has 0 saturated carbocycles. The molecule has 0 N–H and O–H groups in total. The van der Waals surface area contributed by atoms with Crippen LogP contribution in [0.3, 0.4) is 0 Å².